The molecule has 0 aliphatic carbocycles. The van der Waals surface area contributed by atoms with Crippen LogP contribution < -0.4 is 24.8 Å². The summed E-state index contributed by atoms with van der Waals surface area (Å²) >= 11 is 0. The van der Waals surface area contributed by atoms with Crippen molar-refractivity contribution in [2.24, 2.45) is 4.99 Å². The van der Waals surface area contributed by atoms with Gasteiger partial charge in [-0.3, -0.25) is 4.99 Å². The Morgan fingerprint density at radius 1 is 1.00 bits per heavy atom. The Kier molecular flexibility index (Phi) is 7.79. The Hall–Kier alpha value is -2.89. The molecule has 0 unspecified atom stereocenters. The van der Waals surface area contributed by atoms with Gasteiger partial charge in [-0.15, -0.1) is 0 Å². The zero-order chi connectivity index (χ0) is 19.6. The number of hydrogen-bond donors (Lipinski definition) is 2. The monoisotopic (exact) mass is 371 g/mol. The van der Waals surface area contributed by atoms with Crippen molar-refractivity contribution >= 4 is 11.6 Å². The Bertz CT molecular complexity index is 775. The van der Waals surface area contributed by atoms with Crippen LogP contribution in [0.15, 0.2) is 41.4 Å². The zero-order valence-corrected chi connectivity index (χ0v) is 16.8. The van der Waals surface area contributed by atoms with Gasteiger partial charge in [0.2, 0.25) is 0 Å². The van der Waals surface area contributed by atoms with Crippen LogP contribution in [-0.2, 0) is 6.42 Å². The molecule has 0 saturated carbocycles. The van der Waals surface area contributed by atoms with Crippen LogP contribution in [0.2, 0.25) is 0 Å². The smallest absolute Gasteiger partial charge is 0.195 e. The van der Waals surface area contributed by atoms with Gasteiger partial charge in [-0.05, 0) is 49.6 Å². The summed E-state index contributed by atoms with van der Waals surface area (Å²) in [6.07, 6.45) is 0.865. The van der Waals surface area contributed by atoms with Gasteiger partial charge in [0.15, 0.2) is 17.5 Å². The van der Waals surface area contributed by atoms with Crippen LogP contribution in [0.5, 0.6) is 17.2 Å². The number of anilines is 1. The summed E-state index contributed by atoms with van der Waals surface area (Å²) in [5.74, 6) is 3.02. The standard InChI is InChI=1S/C21H29N3O3/c1-6-27-18-10-9-17(14-20(18)26-5)24-21(22-3)23-12-11-16-8-7-15(2)19(13-16)25-4/h7-10,13-14H,6,11-12H2,1-5H3,(H2,22,23,24). The van der Waals surface area contributed by atoms with Crippen LogP contribution in [-0.4, -0.2) is 40.4 Å². The summed E-state index contributed by atoms with van der Waals surface area (Å²) in [4.78, 5) is 4.27. The van der Waals surface area contributed by atoms with Gasteiger partial charge >= 0.3 is 0 Å². The van der Waals surface area contributed by atoms with Crippen LogP contribution in [0.1, 0.15) is 18.1 Å². The molecule has 0 aliphatic rings. The lowest BCUT2D eigenvalue weighted by Gasteiger charge is -2.15. The van der Waals surface area contributed by atoms with E-state index in [0.29, 0.717) is 18.3 Å². The molecular weight excluding hydrogens is 342 g/mol. The SMILES string of the molecule is CCOc1ccc(NC(=NC)NCCc2ccc(C)c(OC)c2)cc1OC. The van der Waals surface area contributed by atoms with Gasteiger partial charge in [0.05, 0.1) is 20.8 Å². The number of hydrogen-bond acceptors (Lipinski definition) is 4. The summed E-state index contributed by atoms with van der Waals surface area (Å²) in [5.41, 5.74) is 3.22. The highest BCUT2D eigenvalue weighted by Gasteiger charge is 2.07. The second-order valence-electron chi connectivity index (χ2n) is 5.98. The molecule has 0 fully saturated rings. The topological polar surface area (TPSA) is 64.1 Å². The number of ether oxygens (including phenoxy) is 3. The third kappa shape index (κ3) is 5.81. The highest BCUT2D eigenvalue weighted by Crippen LogP contribution is 2.30. The first-order valence-corrected chi connectivity index (χ1v) is 9.03. The van der Waals surface area contributed by atoms with Crippen LogP contribution in [0.3, 0.4) is 0 Å². The van der Waals surface area contributed by atoms with Gasteiger partial charge in [-0.25, -0.2) is 0 Å². The molecule has 0 spiro atoms. The lowest BCUT2D eigenvalue weighted by Crippen LogP contribution is -2.32. The molecule has 0 bridgehead atoms. The first kappa shape index (κ1) is 20.4. The highest BCUT2D eigenvalue weighted by molar-refractivity contribution is 5.93. The predicted molar refractivity (Wildman–Crippen MR) is 111 cm³/mol. The van der Waals surface area contributed by atoms with Crippen molar-refractivity contribution in [3.8, 4) is 17.2 Å². The van der Waals surface area contributed by atoms with Crippen LogP contribution in [0, 0.1) is 6.92 Å². The minimum Gasteiger partial charge on any atom is -0.496 e. The molecular formula is C21H29N3O3. The Balaban J connectivity index is 1.94. The van der Waals surface area contributed by atoms with Gasteiger partial charge in [-0.1, -0.05) is 12.1 Å². The van der Waals surface area contributed by atoms with Crippen LogP contribution in [0.4, 0.5) is 5.69 Å². The fraction of sp³-hybridized carbons (Fsp3) is 0.381. The van der Waals surface area contributed by atoms with E-state index in [1.165, 1.54) is 5.56 Å². The Labute approximate surface area is 161 Å². The lowest BCUT2D eigenvalue weighted by molar-refractivity contribution is 0.311. The maximum atomic E-state index is 5.55. The number of methoxy groups -OCH3 is 2. The molecule has 2 rings (SSSR count). The summed E-state index contributed by atoms with van der Waals surface area (Å²) < 4.78 is 16.3. The van der Waals surface area contributed by atoms with Crippen LogP contribution >= 0.6 is 0 Å². The van der Waals surface area contributed by atoms with Crippen molar-refractivity contribution in [3.63, 3.8) is 0 Å². The molecule has 0 heterocycles. The molecule has 146 valence electrons. The Morgan fingerprint density at radius 3 is 2.44 bits per heavy atom. The van der Waals surface area contributed by atoms with E-state index in [9.17, 15) is 0 Å². The third-order valence-corrected chi connectivity index (χ3v) is 4.13. The molecule has 0 amide bonds. The highest BCUT2D eigenvalue weighted by atomic mass is 16.5. The molecule has 27 heavy (non-hydrogen) atoms. The molecule has 6 heteroatoms. The second-order valence-corrected chi connectivity index (χ2v) is 5.98. The quantitative estimate of drug-likeness (QED) is 0.548. The normalized spacial score (nSPS) is 11.1. The summed E-state index contributed by atoms with van der Waals surface area (Å²) in [6.45, 7) is 5.33. The van der Waals surface area contributed by atoms with E-state index in [1.54, 1.807) is 21.3 Å². The van der Waals surface area contributed by atoms with E-state index < -0.39 is 0 Å². The van der Waals surface area contributed by atoms with E-state index >= 15 is 0 Å². The van der Waals surface area contributed by atoms with Gasteiger partial charge < -0.3 is 24.8 Å². The van der Waals surface area contributed by atoms with E-state index in [0.717, 1.165) is 35.7 Å². The number of nitrogens with zero attached hydrogens (tertiary/aromatic N) is 1. The number of aliphatic imine (C=N–C) groups is 1. The molecule has 2 aromatic rings. The van der Waals surface area contributed by atoms with Crippen molar-refractivity contribution in [2.45, 2.75) is 20.3 Å². The minimum absolute atomic E-state index is 0.593. The molecule has 0 aromatic heterocycles. The second kappa shape index (κ2) is 10.3. The minimum atomic E-state index is 0.593. The van der Waals surface area contributed by atoms with Crippen molar-refractivity contribution in [2.75, 3.05) is 39.7 Å². The molecule has 0 aliphatic heterocycles. The average Bonchev–Trinajstić information content (AvgIpc) is 2.69. The summed E-state index contributed by atoms with van der Waals surface area (Å²) in [7, 11) is 5.07. The fourth-order valence-electron chi connectivity index (χ4n) is 2.68. The zero-order valence-electron chi connectivity index (χ0n) is 16.8. The molecule has 2 aromatic carbocycles. The number of guanidine groups is 1. The number of benzene rings is 2. The largest absolute Gasteiger partial charge is 0.496 e. The van der Waals surface area contributed by atoms with Gasteiger partial charge in [0.25, 0.3) is 0 Å². The first-order chi connectivity index (χ1) is 13.1. The summed E-state index contributed by atoms with van der Waals surface area (Å²) in [5, 5.41) is 6.59. The first-order valence-electron chi connectivity index (χ1n) is 9.03. The van der Waals surface area contributed by atoms with Crippen molar-refractivity contribution < 1.29 is 14.2 Å². The molecule has 0 saturated heterocycles. The lowest BCUT2D eigenvalue weighted by atomic mass is 10.1. The van der Waals surface area contributed by atoms with E-state index in [-0.39, 0.29) is 0 Å². The van der Waals surface area contributed by atoms with Crippen LogP contribution in [0.25, 0.3) is 0 Å². The van der Waals surface area contributed by atoms with Gasteiger partial charge in [0, 0.05) is 25.3 Å². The van der Waals surface area contributed by atoms with E-state index in [2.05, 4.69) is 33.8 Å². The Morgan fingerprint density at radius 2 is 1.78 bits per heavy atom. The number of rotatable bonds is 8. The molecule has 6 nitrogen and oxygen atoms in total. The average molecular weight is 371 g/mol. The van der Waals surface area contributed by atoms with Crippen molar-refractivity contribution in [1.29, 1.82) is 0 Å². The van der Waals surface area contributed by atoms with Crippen molar-refractivity contribution in [1.82, 2.24) is 5.32 Å². The van der Waals surface area contributed by atoms with Gasteiger partial charge in [-0.2, -0.15) is 0 Å². The third-order valence-electron chi connectivity index (χ3n) is 4.13. The summed E-state index contributed by atoms with van der Waals surface area (Å²) in [6, 6.07) is 12.0. The van der Waals surface area contributed by atoms with Crippen molar-refractivity contribution in [3.05, 3.63) is 47.5 Å². The molecule has 0 radical (unpaired) electrons. The maximum Gasteiger partial charge on any atom is 0.195 e. The van der Waals surface area contributed by atoms with Gasteiger partial charge in [0.1, 0.15) is 5.75 Å². The maximum absolute atomic E-state index is 5.55. The fourth-order valence-corrected chi connectivity index (χ4v) is 2.68. The molecule has 0 atom stereocenters. The van der Waals surface area contributed by atoms with E-state index in [4.69, 9.17) is 14.2 Å². The number of nitrogens with one attached hydrogen (secondary N) is 2. The predicted octanol–water partition coefficient (Wildman–Crippen LogP) is 3.64. The molecule has 2 N–H and O–H groups in total. The van der Waals surface area contributed by atoms with E-state index in [1.807, 2.05) is 32.0 Å². The number of aryl methyl sites for hydroxylation is 1.